The second-order valence-electron chi connectivity index (χ2n) is 4.00. The van der Waals surface area contributed by atoms with Crippen LogP contribution in [-0.2, 0) is 6.54 Å². The topological polar surface area (TPSA) is 17.8 Å². The number of imidazole rings is 1. The third-order valence-corrected chi connectivity index (χ3v) is 2.84. The van der Waals surface area contributed by atoms with Crippen molar-refractivity contribution in [2.45, 2.75) is 39.2 Å². The molecule has 1 aliphatic heterocycles. The summed E-state index contributed by atoms with van der Waals surface area (Å²) >= 11 is 0. The summed E-state index contributed by atoms with van der Waals surface area (Å²) in [6.07, 6.45) is 6.64. The Kier molecular flexibility index (Phi) is 1.91. The van der Waals surface area contributed by atoms with E-state index in [-0.39, 0.29) is 0 Å². The number of rotatable bonds is 1. The number of aryl methyl sites for hydroxylation is 1. The predicted molar refractivity (Wildman–Crippen MR) is 49.0 cm³/mol. The van der Waals surface area contributed by atoms with Crippen molar-refractivity contribution in [3.05, 3.63) is 18.2 Å². The van der Waals surface area contributed by atoms with Crippen molar-refractivity contribution in [3.63, 3.8) is 0 Å². The average Bonchev–Trinajstić information content (AvgIpc) is 2.49. The second kappa shape index (κ2) is 2.92. The Balaban J connectivity index is 2.31. The summed E-state index contributed by atoms with van der Waals surface area (Å²) in [6, 6.07) is 0. The fourth-order valence-corrected chi connectivity index (χ4v) is 2.13. The van der Waals surface area contributed by atoms with Gasteiger partial charge in [0.1, 0.15) is 0 Å². The molecule has 1 unspecified atom stereocenters. The highest BCUT2D eigenvalue weighted by atomic mass is 15.1. The third-order valence-electron chi connectivity index (χ3n) is 2.84. The summed E-state index contributed by atoms with van der Waals surface area (Å²) in [5.74, 6) is 1.49. The van der Waals surface area contributed by atoms with Crippen molar-refractivity contribution in [2.24, 2.45) is 5.92 Å². The highest BCUT2D eigenvalue weighted by molar-refractivity contribution is 5.09. The largest absolute Gasteiger partial charge is 0.334 e. The van der Waals surface area contributed by atoms with Crippen LogP contribution in [0.15, 0.2) is 12.5 Å². The maximum absolute atomic E-state index is 4.20. The molecule has 1 atom stereocenters. The molecule has 0 amide bonds. The monoisotopic (exact) mass is 164 g/mol. The molecular formula is C10H16N2. The first-order chi connectivity index (χ1) is 5.79. The van der Waals surface area contributed by atoms with Crippen molar-refractivity contribution < 1.29 is 0 Å². The Morgan fingerprint density at radius 1 is 1.58 bits per heavy atom. The van der Waals surface area contributed by atoms with Gasteiger partial charge >= 0.3 is 0 Å². The maximum atomic E-state index is 4.20. The minimum Gasteiger partial charge on any atom is -0.334 e. The molecule has 0 fully saturated rings. The fourth-order valence-electron chi connectivity index (χ4n) is 2.13. The molecule has 12 heavy (non-hydrogen) atoms. The molecule has 0 radical (unpaired) electrons. The van der Waals surface area contributed by atoms with Crippen LogP contribution < -0.4 is 0 Å². The van der Waals surface area contributed by atoms with Gasteiger partial charge in [-0.2, -0.15) is 0 Å². The molecule has 0 aliphatic carbocycles. The number of fused-ring (bicyclic) bond motifs is 1. The zero-order valence-corrected chi connectivity index (χ0v) is 7.83. The Bertz CT molecular complexity index is 263. The lowest BCUT2D eigenvalue weighted by Gasteiger charge is -2.26. The van der Waals surface area contributed by atoms with Crippen molar-refractivity contribution in [1.82, 2.24) is 9.55 Å². The van der Waals surface area contributed by atoms with Crippen LogP contribution in [-0.4, -0.2) is 9.55 Å². The summed E-state index contributed by atoms with van der Waals surface area (Å²) in [4.78, 5) is 4.20. The van der Waals surface area contributed by atoms with Gasteiger partial charge in [-0.05, 0) is 18.8 Å². The van der Waals surface area contributed by atoms with Gasteiger partial charge in [-0.15, -0.1) is 0 Å². The number of nitrogens with zero attached hydrogens (tertiary/aromatic N) is 2. The summed E-state index contributed by atoms with van der Waals surface area (Å²) < 4.78 is 2.30. The molecule has 0 spiro atoms. The first-order valence-electron chi connectivity index (χ1n) is 4.79. The van der Waals surface area contributed by atoms with Crippen LogP contribution in [0, 0.1) is 5.92 Å². The quantitative estimate of drug-likeness (QED) is 0.623. The summed E-state index contributed by atoms with van der Waals surface area (Å²) in [7, 11) is 0. The van der Waals surface area contributed by atoms with Gasteiger partial charge in [0.25, 0.3) is 0 Å². The van der Waals surface area contributed by atoms with Gasteiger partial charge in [0.15, 0.2) is 0 Å². The molecule has 1 aromatic rings. The molecule has 0 saturated heterocycles. The molecule has 2 heteroatoms. The van der Waals surface area contributed by atoms with E-state index in [4.69, 9.17) is 0 Å². The van der Waals surface area contributed by atoms with Crippen molar-refractivity contribution >= 4 is 0 Å². The standard InChI is InChI=1S/C10H16N2/c1-8(2)9-4-3-5-12-7-11-6-10(9)12/h6-9H,3-5H2,1-2H3. The normalized spacial score (nSPS) is 22.8. The van der Waals surface area contributed by atoms with Crippen molar-refractivity contribution in [1.29, 1.82) is 0 Å². The summed E-state index contributed by atoms with van der Waals surface area (Å²) in [5.41, 5.74) is 1.44. The molecule has 0 bridgehead atoms. The number of hydrogen-bond acceptors (Lipinski definition) is 1. The lowest BCUT2D eigenvalue weighted by Crippen LogP contribution is -2.18. The molecule has 0 saturated carbocycles. The lowest BCUT2D eigenvalue weighted by atomic mass is 9.86. The Morgan fingerprint density at radius 2 is 2.42 bits per heavy atom. The van der Waals surface area contributed by atoms with Crippen LogP contribution in [0.25, 0.3) is 0 Å². The van der Waals surface area contributed by atoms with Gasteiger partial charge in [0, 0.05) is 24.4 Å². The van der Waals surface area contributed by atoms with Gasteiger partial charge in [0.2, 0.25) is 0 Å². The van der Waals surface area contributed by atoms with E-state index in [2.05, 4.69) is 23.4 Å². The minimum atomic E-state index is 0.737. The van der Waals surface area contributed by atoms with Crippen molar-refractivity contribution in [3.8, 4) is 0 Å². The molecule has 66 valence electrons. The predicted octanol–water partition coefficient (Wildman–Crippen LogP) is 2.42. The second-order valence-corrected chi connectivity index (χ2v) is 4.00. The van der Waals surface area contributed by atoms with E-state index < -0.39 is 0 Å². The smallest absolute Gasteiger partial charge is 0.0948 e. The fraction of sp³-hybridized carbons (Fsp3) is 0.700. The van der Waals surface area contributed by atoms with Crippen LogP contribution in [0.2, 0.25) is 0 Å². The van der Waals surface area contributed by atoms with E-state index in [1.54, 1.807) is 0 Å². The van der Waals surface area contributed by atoms with E-state index in [1.165, 1.54) is 25.1 Å². The van der Waals surface area contributed by atoms with E-state index in [1.807, 2.05) is 12.5 Å². The Hall–Kier alpha value is -0.790. The van der Waals surface area contributed by atoms with Crippen LogP contribution in [0.3, 0.4) is 0 Å². The van der Waals surface area contributed by atoms with Gasteiger partial charge in [0.05, 0.1) is 6.33 Å². The van der Waals surface area contributed by atoms with E-state index in [0.717, 1.165) is 11.8 Å². The molecule has 2 rings (SSSR count). The van der Waals surface area contributed by atoms with E-state index in [0.29, 0.717) is 0 Å². The van der Waals surface area contributed by atoms with Crippen LogP contribution in [0.1, 0.15) is 38.3 Å². The van der Waals surface area contributed by atoms with Gasteiger partial charge in [-0.25, -0.2) is 4.98 Å². The first-order valence-corrected chi connectivity index (χ1v) is 4.79. The molecule has 2 heterocycles. The summed E-state index contributed by atoms with van der Waals surface area (Å²) in [5, 5.41) is 0. The highest BCUT2D eigenvalue weighted by Gasteiger charge is 2.22. The molecule has 0 N–H and O–H groups in total. The van der Waals surface area contributed by atoms with E-state index >= 15 is 0 Å². The van der Waals surface area contributed by atoms with Crippen molar-refractivity contribution in [2.75, 3.05) is 0 Å². The number of aromatic nitrogens is 2. The van der Waals surface area contributed by atoms with Gasteiger partial charge in [-0.1, -0.05) is 13.8 Å². The zero-order valence-electron chi connectivity index (χ0n) is 7.83. The number of hydrogen-bond donors (Lipinski definition) is 0. The Morgan fingerprint density at radius 3 is 3.17 bits per heavy atom. The van der Waals surface area contributed by atoms with Gasteiger partial charge in [-0.3, -0.25) is 0 Å². The third kappa shape index (κ3) is 1.15. The van der Waals surface area contributed by atoms with E-state index in [9.17, 15) is 0 Å². The zero-order chi connectivity index (χ0) is 8.55. The van der Waals surface area contributed by atoms with Crippen LogP contribution in [0.4, 0.5) is 0 Å². The Labute approximate surface area is 73.6 Å². The van der Waals surface area contributed by atoms with Gasteiger partial charge < -0.3 is 4.57 Å². The van der Waals surface area contributed by atoms with Crippen LogP contribution >= 0.6 is 0 Å². The van der Waals surface area contributed by atoms with Crippen LogP contribution in [0.5, 0.6) is 0 Å². The molecule has 1 aromatic heterocycles. The lowest BCUT2D eigenvalue weighted by molar-refractivity contribution is 0.377. The molecule has 2 nitrogen and oxygen atoms in total. The summed E-state index contributed by atoms with van der Waals surface area (Å²) in [6.45, 7) is 5.76. The maximum Gasteiger partial charge on any atom is 0.0948 e. The molecule has 0 aromatic carbocycles. The molecular weight excluding hydrogens is 148 g/mol. The minimum absolute atomic E-state index is 0.737. The SMILES string of the molecule is CC(C)C1CCCn2cncc21. The highest BCUT2D eigenvalue weighted by Crippen LogP contribution is 2.32. The molecule has 1 aliphatic rings. The first kappa shape index (κ1) is 7.84. The average molecular weight is 164 g/mol.